The number of aromatic nitrogens is 3. The van der Waals surface area contributed by atoms with Crippen LogP contribution < -0.4 is 4.90 Å². The van der Waals surface area contributed by atoms with Gasteiger partial charge in [-0.1, -0.05) is 39.8 Å². The van der Waals surface area contributed by atoms with Crippen molar-refractivity contribution in [2.75, 3.05) is 12.0 Å². The molecule has 0 saturated carbocycles. The lowest BCUT2D eigenvalue weighted by molar-refractivity contribution is -0.736. The Kier molecular flexibility index (Phi) is 5.16. The first-order valence-electron chi connectivity index (χ1n) is 9.33. The predicted octanol–water partition coefficient (Wildman–Crippen LogP) is 4.37. The highest BCUT2D eigenvalue weighted by molar-refractivity contribution is 6.02. The van der Waals surface area contributed by atoms with E-state index in [0.717, 1.165) is 5.52 Å². The Morgan fingerprint density at radius 3 is 2.52 bits per heavy atom. The summed E-state index contributed by atoms with van der Waals surface area (Å²) in [5.41, 5.74) is 0.939. The topological polar surface area (TPSA) is 93.5 Å². The molecule has 0 aliphatic rings. The molecule has 0 radical (unpaired) electrons. The zero-order valence-corrected chi connectivity index (χ0v) is 17.8. The second-order valence-corrected chi connectivity index (χ2v) is 8.22. The summed E-state index contributed by atoms with van der Waals surface area (Å²) in [5, 5.41) is 4.12. The second kappa shape index (κ2) is 7.31. The maximum Gasteiger partial charge on any atom is 0.319 e. The molecule has 0 spiro atoms. The van der Waals surface area contributed by atoms with Gasteiger partial charge in [0.2, 0.25) is 11.9 Å². The van der Waals surface area contributed by atoms with E-state index < -0.39 is 5.41 Å². The van der Waals surface area contributed by atoms with Gasteiger partial charge in [-0.05, 0) is 6.07 Å². The van der Waals surface area contributed by atoms with Crippen LogP contribution in [0.3, 0.4) is 0 Å². The smallest absolute Gasteiger partial charge is 0.319 e. The highest BCUT2D eigenvalue weighted by atomic mass is 16.8. The normalized spacial score (nSPS) is 11.9. The van der Waals surface area contributed by atoms with Gasteiger partial charge in [-0.2, -0.15) is 0 Å². The minimum absolute atomic E-state index is 0.128. The van der Waals surface area contributed by atoms with Gasteiger partial charge in [0.15, 0.2) is 12.9 Å². The van der Waals surface area contributed by atoms with E-state index in [1.165, 1.54) is 12.0 Å². The molecule has 2 heterocycles. The van der Waals surface area contributed by atoms with Crippen molar-refractivity contribution in [2.24, 2.45) is 12.5 Å². The van der Waals surface area contributed by atoms with Crippen LogP contribution in [0.25, 0.3) is 11.0 Å². The first-order chi connectivity index (χ1) is 13.5. The third-order valence-corrected chi connectivity index (χ3v) is 4.58. The summed E-state index contributed by atoms with van der Waals surface area (Å²) in [6, 6.07) is 6.75. The number of rotatable bonds is 5. The summed E-state index contributed by atoms with van der Waals surface area (Å²) in [6.45, 7) is 9.48. The number of hydrogen-bond acceptors (Lipinski definition) is 6. The van der Waals surface area contributed by atoms with Crippen molar-refractivity contribution in [3.8, 4) is 0 Å². The van der Waals surface area contributed by atoms with E-state index in [1.54, 1.807) is 28.8 Å². The maximum atomic E-state index is 13.3. The molecule has 0 unspecified atom stereocenters. The lowest BCUT2D eigenvalue weighted by Gasteiger charge is -2.26. The van der Waals surface area contributed by atoms with E-state index in [9.17, 15) is 9.70 Å². The van der Waals surface area contributed by atoms with Crippen molar-refractivity contribution in [3.63, 3.8) is 0 Å². The van der Waals surface area contributed by atoms with Crippen LogP contribution in [0.15, 0.2) is 28.8 Å². The van der Waals surface area contributed by atoms with Gasteiger partial charge in [-0.25, -0.2) is 14.7 Å². The van der Waals surface area contributed by atoms with Crippen LogP contribution >= 0.6 is 0 Å². The van der Waals surface area contributed by atoms with E-state index in [-0.39, 0.29) is 11.8 Å². The molecule has 29 heavy (non-hydrogen) atoms. The molecule has 3 rings (SSSR count). The highest BCUT2D eigenvalue weighted by Gasteiger charge is 2.34. The number of carbonyl (C=O) groups is 1. The zero-order chi connectivity index (χ0) is 21.5. The number of imidazole rings is 1. The third-order valence-electron chi connectivity index (χ3n) is 4.58. The van der Waals surface area contributed by atoms with Gasteiger partial charge in [-0.15, -0.1) is 0 Å². The number of amides is 1. The molecule has 1 amide bonds. The summed E-state index contributed by atoms with van der Waals surface area (Å²) in [5.74, 6) is 1.38. The second-order valence-electron chi connectivity index (χ2n) is 8.22. The maximum absolute atomic E-state index is 13.3. The number of anilines is 2. The zero-order valence-electron chi connectivity index (χ0n) is 17.8. The van der Waals surface area contributed by atoms with Crippen LogP contribution in [0.1, 0.15) is 46.3 Å². The predicted molar refractivity (Wildman–Crippen MR) is 108 cm³/mol. The molecule has 3 aromatic rings. The number of aryl methyl sites for hydroxylation is 1. The van der Waals surface area contributed by atoms with E-state index in [1.807, 2.05) is 41.7 Å². The molecule has 0 fully saturated rings. The minimum Gasteiger partial charge on any atom is -0.359 e. The molecule has 0 atom stereocenters. The van der Waals surface area contributed by atoms with Gasteiger partial charge in [0.05, 0.1) is 15.9 Å². The molecule has 2 aromatic heterocycles. The third kappa shape index (κ3) is 3.72. The van der Waals surface area contributed by atoms with Crippen LogP contribution in [0.2, 0.25) is 0 Å². The first-order valence-corrected chi connectivity index (χ1v) is 9.33. The summed E-state index contributed by atoms with van der Waals surface area (Å²) in [7, 11) is 3.10. The number of fused-ring (bicyclic) bond motifs is 1. The van der Waals surface area contributed by atoms with Crippen molar-refractivity contribution < 1.29 is 19.1 Å². The fourth-order valence-corrected chi connectivity index (χ4v) is 2.88. The van der Waals surface area contributed by atoms with Crippen LogP contribution in [-0.2, 0) is 16.7 Å². The van der Waals surface area contributed by atoms with Gasteiger partial charge in [0.25, 0.3) is 4.92 Å². The fraction of sp³-hybridized carbons (Fsp3) is 0.450. The molecule has 0 N–H and O–H groups in total. The molecule has 154 valence electrons. The Hall–Kier alpha value is -3.23. The fourth-order valence-electron chi connectivity index (χ4n) is 2.88. The quantitative estimate of drug-likeness (QED) is 0.591. The van der Waals surface area contributed by atoms with Crippen LogP contribution in [0, 0.1) is 10.3 Å². The summed E-state index contributed by atoms with van der Waals surface area (Å²) in [4.78, 5) is 36.3. The van der Waals surface area contributed by atoms with E-state index in [4.69, 9.17) is 9.36 Å². The van der Waals surface area contributed by atoms with Gasteiger partial charge < -0.3 is 9.09 Å². The Balaban J connectivity index is 2.19. The SMILES string of the molecule is CO[N+](=O)c1ccc2c(c1)nc(N(C(=O)C(C)(C)C)c1cc(C(C)C)on1)n2C. The van der Waals surface area contributed by atoms with Crippen LogP contribution in [0.4, 0.5) is 17.5 Å². The van der Waals surface area contributed by atoms with Crippen molar-refractivity contribution in [2.45, 2.75) is 40.5 Å². The Morgan fingerprint density at radius 1 is 1.28 bits per heavy atom. The summed E-state index contributed by atoms with van der Waals surface area (Å²) in [6.07, 6.45) is 0. The van der Waals surface area contributed by atoms with Crippen molar-refractivity contribution in [1.82, 2.24) is 14.7 Å². The molecular weight excluding hydrogens is 374 g/mol. The molecule has 0 aliphatic carbocycles. The standard InChI is InChI=1S/C20H26N5O4/c1-12(2)16-11-17(22-29-16)24(18(26)20(3,4)5)19-21-14-10-13(25(27)28-7)8-9-15(14)23(19)6/h8-12H,1-7H3/q+1. The van der Waals surface area contributed by atoms with E-state index in [0.29, 0.717) is 33.7 Å². The van der Waals surface area contributed by atoms with Crippen molar-refractivity contribution >= 4 is 34.4 Å². The molecular formula is C20H26N5O4+. The van der Waals surface area contributed by atoms with Crippen molar-refractivity contribution in [3.05, 3.63) is 34.9 Å². The number of carbonyl (C=O) groups excluding carboxylic acids is 1. The molecule has 9 heteroatoms. The van der Waals surface area contributed by atoms with Gasteiger partial charge in [0.1, 0.15) is 5.76 Å². The van der Waals surface area contributed by atoms with Gasteiger partial charge in [0, 0.05) is 36.6 Å². The Labute approximate surface area is 168 Å². The molecule has 9 nitrogen and oxygen atoms in total. The lowest BCUT2D eigenvalue weighted by atomic mass is 9.95. The molecule has 0 bridgehead atoms. The summed E-state index contributed by atoms with van der Waals surface area (Å²) < 4.78 is 7.21. The number of hydrogen-bond donors (Lipinski definition) is 0. The van der Waals surface area contributed by atoms with Gasteiger partial charge >= 0.3 is 5.69 Å². The largest absolute Gasteiger partial charge is 0.359 e. The van der Waals surface area contributed by atoms with Crippen molar-refractivity contribution in [1.29, 1.82) is 0 Å². The van der Waals surface area contributed by atoms with Gasteiger partial charge in [-0.3, -0.25) is 4.79 Å². The van der Waals surface area contributed by atoms with Crippen LogP contribution in [-0.4, -0.2) is 32.6 Å². The Bertz CT molecular complexity index is 1070. The number of benzene rings is 1. The summed E-state index contributed by atoms with van der Waals surface area (Å²) >= 11 is 0. The molecule has 1 aromatic carbocycles. The molecule has 0 aliphatic heterocycles. The Morgan fingerprint density at radius 2 is 1.97 bits per heavy atom. The van der Waals surface area contributed by atoms with E-state index >= 15 is 0 Å². The average molecular weight is 400 g/mol. The van der Waals surface area contributed by atoms with E-state index in [2.05, 4.69) is 10.1 Å². The lowest BCUT2D eigenvalue weighted by Crippen LogP contribution is -2.37. The number of nitrogens with zero attached hydrogens (tertiary/aromatic N) is 5. The average Bonchev–Trinajstić information content (AvgIpc) is 3.26. The van der Waals surface area contributed by atoms with Crippen LogP contribution in [0.5, 0.6) is 0 Å². The highest BCUT2D eigenvalue weighted by Crippen LogP contribution is 2.34. The first kappa shape index (κ1) is 20.5. The monoisotopic (exact) mass is 400 g/mol. The molecule has 0 saturated heterocycles. The minimum atomic E-state index is -0.678.